The van der Waals surface area contributed by atoms with Gasteiger partial charge in [0, 0.05) is 22.9 Å². The topological polar surface area (TPSA) is 34.0 Å². The lowest BCUT2D eigenvalue weighted by atomic mass is 10.1. The third-order valence-corrected chi connectivity index (χ3v) is 4.85. The minimum absolute atomic E-state index is 0.0396. The number of hydrogen-bond acceptors (Lipinski definition) is 1. The van der Waals surface area contributed by atoms with Crippen molar-refractivity contribution in [3.05, 3.63) is 76.4 Å². The van der Waals surface area contributed by atoms with Crippen LogP contribution in [0, 0.1) is 19.8 Å². The van der Waals surface area contributed by atoms with Crippen LogP contribution in [-0.4, -0.2) is 17.0 Å². The summed E-state index contributed by atoms with van der Waals surface area (Å²) >= 11 is 6.06. The fourth-order valence-corrected chi connectivity index (χ4v) is 3.21. The molecule has 27 heavy (non-hydrogen) atoms. The molecule has 0 bridgehead atoms. The summed E-state index contributed by atoms with van der Waals surface area (Å²) in [5, 5.41) is 3.72. The van der Waals surface area contributed by atoms with Crippen molar-refractivity contribution in [1.82, 2.24) is 9.88 Å². The largest absolute Gasteiger partial charge is 0.352 e. The monoisotopic (exact) mass is 380 g/mol. The van der Waals surface area contributed by atoms with Crippen LogP contribution in [0.5, 0.6) is 0 Å². The van der Waals surface area contributed by atoms with E-state index in [9.17, 15) is 4.79 Å². The van der Waals surface area contributed by atoms with Crippen LogP contribution < -0.4 is 5.32 Å². The molecule has 3 nitrogen and oxygen atoms in total. The molecule has 3 aromatic rings. The quantitative estimate of drug-likeness (QED) is 0.596. The Bertz CT molecular complexity index is 938. The van der Waals surface area contributed by atoms with E-state index in [1.54, 1.807) is 0 Å². The van der Waals surface area contributed by atoms with Gasteiger partial charge in [0.25, 0.3) is 5.91 Å². The summed E-state index contributed by atoms with van der Waals surface area (Å²) in [6.07, 6.45) is 0. The molecule has 0 aliphatic rings. The van der Waals surface area contributed by atoms with Crippen molar-refractivity contribution in [3.8, 4) is 16.9 Å². The fraction of sp³-hybridized carbons (Fsp3) is 0.261. The summed E-state index contributed by atoms with van der Waals surface area (Å²) in [5.74, 6) is 0.367. The summed E-state index contributed by atoms with van der Waals surface area (Å²) in [4.78, 5) is 12.8. The molecule has 0 aliphatic heterocycles. The second kappa shape index (κ2) is 8.01. The smallest absolute Gasteiger partial charge is 0.253 e. The van der Waals surface area contributed by atoms with Crippen molar-refractivity contribution in [2.45, 2.75) is 27.7 Å². The minimum Gasteiger partial charge on any atom is -0.352 e. The van der Waals surface area contributed by atoms with Crippen LogP contribution >= 0.6 is 11.6 Å². The summed E-state index contributed by atoms with van der Waals surface area (Å²) < 4.78 is 2.13. The van der Waals surface area contributed by atoms with Crippen LogP contribution in [0.25, 0.3) is 16.9 Å². The van der Waals surface area contributed by atoms with Gasteiger partial charge < -0.3 is 9.88 Å². The molecule has 1 aromatic heterocycles. The van der Waals surface area contributed by atoms with Crippen LogP contribution in [0.2, 0.25) is 5.02 Å². The van der Waals surface area contributed by atoms with E-state index >= 15 is 0 Å². The maximum Gasteiger partial charge on any atom is 0.253 e. The predicted molar refractivity (Wildman–Crippen MR) is 113 cm³/mol. The van der Waals surface area contributed by atoms with Crippen LogP contribution in [0.15, 0.2) is 54.6 Å². The maximum atomic E-state index is 12.8. The fourth-order valence-electron chi connectivity index (χ4n) is 3.09. The normalized spacial score (nSPS) is 11.0. The first kappa shape index (κ1) is 19.2. The van der Waals surface area contributed by atoms with Gasteiger partial charge in [-0.1, -0.05) is 55.3 Å². The van der Waals surface area contributed by atoms with E-state index in [1.165, 1.54) is 5.56 Å². The van der Waals surface area contributed by atoms with Crippen LogP contribution in [0.1, 0.15) is 35.5 Å². The molecule has 0 aliphatic carbocycles. The van der Waals surface area contributed by atoms with Crippen molar-refractivity contribution >= 4 is 17.5 Å². The third-order valence-electron chi connectivity index (χ3n) is 4.59. The second-order valence-electron chi connectivity index (χ2n) is 7.31. The van der Waals surface area contributed by atoms with Gasteiger partial charge in [0.15, 0.2) is 0 Å². The lowest BCUT2D eigenvalue weighted by Crippen LogP contribution is -2.27. The van der Waals surface area contributed by atoms with Gasteiger partial charge in [-0.3, -0.25) is 4.79 Å². The Labute approximate surface area is 166 Å². The van der Waals surface area contributed by atoms with Gasteiger partial charge in [-0.05, 0) is 55.7 Å². The van der Waals surface area contributed by atoms with E-state index in [-0.39, 0.29) is 5.91 Å². The highest BCUT2D eigenvalue weighted by Crippen LogP contribution is 2.30. The minimum atomic E-state index is -0.0396. The number of hydrogen-bond donors (Lipinski definition) is 1. The van der Waals surface area contributed by atoms with Crippen molar-refractivity contribution in [2.75, 3.05) is 6.54 Å². The number of halogens is 1. The molecule has 1 amide bonds. The van der Waals surface area contributed by atoms with Gasteiger partial charge >= 0.3 is 0 Å². The Kier molecular flexibility index (Phi) is 5.71. The van der Waals surface area contributed by atoms with Gasteiger partial charge in [-0.2, -0.15) is 0 Å². The lowest BCUT2D eigenvalue weighted by molar-refractivity contribution is 0.0948. The molecule has 1 N–H and O–H groups in total. The maximum absolute atomic E-state index is 12.8. The first-order valence-electron chi connectivity index (χ1n) is 9.20. The molecule has 0 saturated heterocycles. The summed E-state index contributed by atoms with van der Waals surface area (Å²) in [7, 11) is 0. The molecule has 0 saturated carbocycles. The van der Waals surface area contributed by atoms with Gasteiger partial charge in [-0.15, -0.1) is 0 Å². The van der Waals surface area contributed by atoms with Gasteiger partial charge in [0.2, 0.25) is 0 Å². The Hall–Kier alpha value is -2.52. The zero-order valence-electron chi connectivity index (χ0n) is 16.2. The van der Waals surface area contributed by atoms with Gasteiger partial charge in [0.05, 0.1) is 11.3 Å². The highest BCUT2D eigenvalue weighted by atomic mass is 35.5. The Morgan fingerprint density at radius 1 is 1.04 bits per heavy atom. The molecular formula is C23H25ClN2O. The predicted octanol–water partition coefficient (Wildman–Crippen LogP) is 5.80. The Morgan fingerprint density at radius 2 is 1.67 bits per heavy atom. The van der Waals surface area contributed by atoms with E-state index in [1.807, 2.05) is 37.3 Å². The van der Waals surface area contributed by atoms with E-state index < -0.39 is 0 Å². The number of carbonyl (C=O) groups is 1. The number of benzene rings is 2. The Morgan fingerprint density at radius 3 is 2.26 bits per heavy atom. The molecule has 140 valence electrons. The molecule has 2 aromatic carbocycles. The first-order valence-corrected chi connectivity index (χ1v) is 9.58. The molecule has 0 radical (unpaired) electrons. The van der Waals surface area contributed by atoms with Gasteiger partial charge in [0.1, 0.15) is 0 Å². The molecule has 0 spiro atoms. The van der Waals surface area contributed by atoms with Crippen molar-refractivity contribution in [1.29, 1.82) is 0 Å². The first-order chi connectivity index (χ1) is 12.9. The summed E-state index contributed by atoms with van der Waals surface area (Å²) in [5.41, 5.74) is 5.84. The van der Waals surface area contributed by atoms with Crippen molar-refractivity contribution in [2.24, 2.45) is 5.92 Å². The SMILES string of the molecule is Cc1ccc(-n2c(-c3ccc(Cl)cc3)cc(C(=O)NCC(C)C)c2C)cc1. The number of aryl methyl sites for hydroxylation is 1. The standard InChI is InChI=1S/C23H25ClN2O/c1-15(2)14-25-23(27)21-13-22(18-7-9-19(24)10-8-18)26(17(21)4)20-11-5-16(3)6-12-20/h5-13,15H,14H2,1-4H3,(H,25,27). The summed E-state index contributed by atoms with van der Waals surface area (Å²) in [6, 6.07) is 18.0. The van der Waals surface area contributed by atoms with Crippen LogP contribution in [0.4, 0.5) is 0 Å². The zero-order chi connectivity index (χ0) is 19.6. The lowest BCUT2D eigenvalue weighted by Gasteiger charge is -2.13. The number of aromatic nitrogens is 1. The van der Waals surface area contributed by atoms with E-state index in [2.05, 4.69) is 54.9 Å². The second-order valence-corrected chi connectivity index (χ2v) is 7.75. The van der Waals surface area contributed by atoms with Gasteiger partial charge in [-0.25, -0.2) is 0 Å². The highest BCUT2D eigenvalue weighted by Gasteiger charge is 2.19. The molecule has 0 fully saturated rings. The van der Waals surface area contributed by atoms with Crippen molar-refractivity contribution in [3.63, 3.8) is 0 Å². The number of carbonyl (C=O) groups excluding carboxylic acids is 1. The number of amides is 1. The highest BCUT2D eigenvalue weighted by molar-refractivity contribution is 6.30. The number of nitrogens with zero attached hydrogens (tertiary/aromatic N) is 1. The molecule has 4 heteroatoms. The average molecular weight is 381 g/mol. The number of nitrogens with one attached hydrogen (secondary N) is 1. The number of rotatable bonds is 5. The van der Waals surface area contributed by atoms with E-state index in [0.29, 0.717) is 23.0 Å². The Balaban J connectivity index is 2.12. The molecule has 0 atom stereocenters. The zero-order valence-corrected chi connectivity index (χ0v) is 17.0. The third kappa shape index (κ3) is 4.25. The molecular weight excluding hydrogens is 356 g/mol. The average Bonchev–Trinajstić information content (AvgIpc) is 2.98. The van der Waals surface area contributed by atoms with E-state index in [0.717, 1.165) is 22.6 Å². The summed E-state index contributed by atoms with van der Waals surface area (Å²) in [6.45, 7) is 8.89. The molecule has 1 heterocycles. The van der Waals surface area contributed by atoms with Crippen LogP contribution in [0.3, 0.4) is 0 Å². The van der Waals surface area contributed by atoms with Crippen molar-refractivity contribution < 1.29 is 4.79 Å². The van der Waals surface area contributed by atoms with E-state index in [4.69, 9.17) is 11.6 Å². The molecule has 3 rings (SSSR count). The van der Waals surface area contributed by atoms with Crippen LogP contribution in [-0.2, 0) is 0 Å². The molecule has 0 unspecified atom stereocenters.